The predicted molar refractivity (Wildman–Crippen MR) is 74.2 cm³/mol. The smallest absolute Gasteiger partial charge is 0.169 e. The Kier molecular flexibility index (Phi) is 4.02. The summed E-state index contributed by atoms with van der Waals surface area (Å²) in [5.74, 6) is 2.27. The van der Waals surface area contributed by atoms with Crippen molar-refractivity contribution in [2.75, 3.05) is 6.61 Å². The minimum atomic E-state index is 0.621. The van der Waals surface area contributed by atoms with E-state index in [9.17, 15) is 0 Å². The number of para-hydroxylation sites is 2. The van der Waals surface area contributed by atoms with Crippen molar-refractivity contribution in [2.24, 2.45) is 0 Å². The molecule has 18 heavy (non-hydrogen) atoms. The molecule has 2 aromatic rings. The van der Waals surface area contributed by atoms with Gasteiger partial charge in [-0.05, 0) is 36.8 Å². The number of hydrogen-bond acceptors (Lipinski definition) is 2. The van der Waals surface area contributed by atoms with Gasteiger partial charge in [0.05, 0.1) is 6.61 Å². The lowest BCUT2D eigenvalue weighted by Crippen LogP contribution is -1.94. The first-order chi connectivity index (χ1) is 8.83. The fraction of sp³-hybridized carbons (Fsp3) is 0.125. The van der Waals surface area contributed by atoms with Gasteiger partial charge in [-0.3, -0.25) is 0 Å². The predicted octanol–water partition coefficient (Wildman–Crippen LogP) is 4.52. The molecule has 0 unspecified atom stereocenters. The maximum atomic E-state index is 5.80. The monoisotopic (exact) mass is 240 g/mol. The van der Waals surface area contributed by atoms with E-state index in [4.69, 9.17) is 9.47 Å². The van der Waals surface area contributed by atoms with Crippen LogP contribution in [0.15, 0.2) is 55.1 Å². The Hall–Kier alpha value is -2.22. The zero-order valence-corrected chi connectivity index (χ0v) is 10.4. The van der Waals surface area contributed by atoms with Crippen molar-refractivity contribution >= 4 is 6.08 Å². The van der Waals surface area contributed by atoms with Crippen molar-refractivity contribution in [2.45, 2.75) is 6.92 Å². The standard InChI is InChI=1S/C16H16O2/c1-3-13-9-11-14(12-10-13)18-16-8-6-5-7-15(16)17-4-2/h3,5-12H,1,4H2,2H3. The van der Waals surface area contributed by atoms with Gasteiger partial charge in [0.25, 0.3) is 0 Å². The van der Waals surface area contributed by atoms with Crippen LogP contribution in [0.4, 0.5) is 0 Å². The molecule has 0 radical (unpaired) electrons. The second kappa shape index (κ2) is 5.92. The Bertz CT molecular complexity index is 515. The average Bonchev–Trinajstić information content (AvgIpc) is 2.42. The van der Waals surface area contributed by atoms with Crippen LogP contribution < -0.4 is 9.47 Å². The van der Waals surface area contributed by atoms with Gasteiger partial charge in [0.1, 0.15) is 5.75 Å². The molecule has 0 heterocycles. The second-order valence-corrected chi connectivity index (χ2v) is 3.75. The molecule has 0 spiro atoms. The third-order valence-corrected chi connectivity index (χ3v) is 2.49. The summed E-state index contributed by atoms with van der Waals surface area (Å²) >= 11 is 0. The van der Waals surface area contributed by atoms with Gasteiger partial charge in [0, 0.05) is 0 Å². The summed E-state index contributed by atoms with van der Waals surface area (Å²) in [5.41, 5.74) is 1.07. The molecule has 0 atom stereocenters. The fourth-order valence-corrected chi connectivity index (χ4v) is 1.61. The van der Waals surface area contributed by atoms with Crippen LogP contribution in [-0.4, -0.2) is 6.61 Å². The molecule has 2 nitrogen and oxygen atoms in total. The molecule has 0 amide bonds. The molecule has 0 aliphatic heterocycles. The SMILES string of the molecule is C=Cc1ccc(Oc2ccccc2OCC)cc1. The van der Waals surface area contributed by atoms with Gasteiger partial charge < -0.3 is 9.47 Å². The van der Waals surface area contributed by atoms with E-state index in [-0.39, 0.29) is 0 Å². The fourth-order valence-electron chi connectivity index (χ4n) is 1.61. The highest BCUT2D eigenvalue weighted by Gasteiger charge is 2.04. The van der Waals surface area contributed by atoms with Crippen LogP contribution in [0.25, 0.3) is 6.08 Å². The molecule has 92 valence electrons. The van der Waals surface area contributed by atoms with E-state index in [1.165, 1.54) is 0 Å². The maximum absolute atomic E-state index is 5.80. The zero-order chi connectivity index (χ0) is 12.8. The van der Waals surface area contributed by atoms with Gasteiger partial charge in [-0.2, -0.15) is 0 Å². The highest BCUT2D eigenvalue weighted by molar-refractivity contribution is 5.49. The van der Waals surface area contributed by atoms with Crippen molar-refractivity contribution in [3.63, 3.8) is 0 Å². The third-order valence-electron chi connectivity index (χ3n) is 2.49. The molecular weight excluding hydrogens is 224 g/mol. The lowest BCUT2D eigenvalue weighted by molar-refractivity contribution is 0.321. The molecule has 0 aliphatic rings. The Labute approximate surface area is 107 Å². The van der Waals surface area contributed by atoms with Gasteiger partial charge in [0.15, 0.2) is 11.5 Å². The lowest BCUT2D eigenvalue weighted by Gasteiger charge is -2.11. The van der Waals surface area contributed by atoms with Crippen molar-refractivity contribution in [3.8, 4) is 17.2 Å². The first kappa shape index (κ1) is 12.2. The molecule has 0 aromatic heterocycles. The largest absolute Gasteiger partial charge is 0.490 e. The highest BCUT2D eigenvalue weighted by Crippen LogP contribution is 2.31. The van der Waals surface area contributed by atoms with Crippen LogP contribution in [0.1, 0.15) is 12.5 Å². The van der Waals surface area contributed by atoms with Gasteiger partial charge in [-0.25, -0.2) is 0 Å². The van der Waals surface area contributed by atoms with Crippen LogP contribution in [0.3, 0.4) is 0 Å². The van der Waals surface area contributed by atoms with Crippen LogP contribution in [0.5, 0.6) is 17.2 Å². The summed E-state index contributed by atoms with van der Waals surface area (Å²) in [5, 5.41) is 0. The van der Waals surface area contributed by atoms with E-state index in [2.05, 4.69) is 6.58 Å². The summed E-state index contributed by atoms with van der Waals surface area (Å²) in [6.07, 6.45) is 1.80. The minimum Gasteiger partial charge on any atom is -0.490 e. The zero-order valence-electron chi connectivity index (χ0n) is 10.4. The van der Waals surface area contributed by atoms with Gasteiger partial charge in [-0.1, -0.05) is 36.9 Å². The molecular formula is C16H16O2. The Morgan fingerprint density at radius 2 is 1.67 bits per heavy atom. The number of ether oxygens (including phenoxy) is 2. The van der Waals surface area contributed by atoms with E-state index in [0.717, 1.165) is 22.8 Å². The highest BCUT2D eigenvalue weighted by atomic mass is 16.5. The first-order valence-electron chi connectivity index (χ1n) is 5.95. The second-order valence-electron chi connectivity index (χ2n) is 3.75. The molecule has 0 aliphatic carbocycles. The molecule has 0 fully saturated rings. The van der Waals surface area contributed by atoms with Crippen LogP contribution in [0.2, 0.25) is 0 Å². The molecule has 0 bridgehead atoms. The number of benzene rings is 2. The summed E-state index contributed by atoms with van der Waals surface area (Å²) < 4.78 is 11.3. The minimum absolute atomic E-state index is 0.621. The van der Waals surface area contributed by atoms with Crippen LogP contribution in [0, 0.1) is 0 Å². The molecule has 2 heteroatoms. The van der Waals surface area contributed by atoms with Crippen molar-refractivity contribution in [1.82, 2.24) is 0 Å². The topological polar surface area (TPSA) is 18.5 Å². The van der Waals surface area contributed by atoms with Crippen LogP contribution >= 0.6 is 0 Å². The first-order valence-corrected chi connectivity index (χ1v) is 5.95. The Morgan fingerprint density at radius 3 is 2.28 bits per heavy atom. The normalized spacial score (nSPS) is 9.83. The average molecular weight is 240 g/mol. The molecule has 0 saturated carbocycles. The molecule has 0 N–H and O–H groups in total. The van der Waals surface area contributed by atoms with Gasteiger partial charge in [0.2, 0.25) is 0 Å². The van der Waals surface area contributed by atoms with Gasteiger partial charge >= 0.3 is 0 Å². The Morgan fingerprint density at radius 1 is 1.00 bits per heavy atom. The lowest BCUT2D eigenvalue weighted by atomic mass is 10.2. The summed E-state index contributed by atoms with van der Waals surface area (Å²) in [4.78, 5) is 0. The molecule has 2 rings (SSSR count). The summed E-state index contributed by atoms with van der Waals surface area (Å²) in [6, 6.07) is 15.4. The van der Waals surface area contributed by atoms with Crippen LogP contribution in [-0.2, 0) is 0 Å². The molecule has 2 aromatic carbocycles. The Balaban J connectivity index is 2.19. The van der Waals surface area contributed by atoms with E-state index in [1.807, 2.05) is 55.5 Å². The maximum Gasteiger partial charge on any atom is 0.169 e. The van der Waals surface area contributed by atoms with E-state index < -0.39 is 0 Å². The quantitative estimate of drug-likeness (QED) is 0.765. The van der Waals surface area contributed by atoms with E-state index >= 15 is 0 Å². The van der Waals surface area contributed by atoms with Crippen molar-refractivity contribution < 1.29 is 9.47 Å². The van der Waals surface area contributed by atoms with Crippen molar-refractivity contribution in [3.05, 3.63) is 60.7 Å². The summed E-state index contributed by atoms with van der Waals surface area (Å²) in [7, 11) is 0. The van der Waals surface area contributed by atoms with Crippen molar-refractivity contribution in [1.29, 1.82) is 0 Å². The number of rotatable bonds is 5. The number of hydrogen-bond donors (Lipinski definition) is 0. The summed E-state index contributed by atoms with van der Waals surface area (Å²) in [6.45, 7) is 6.30. The molecule has 0 saturated heterocycles. The van der Waals surface area contributed by atoms with Gasteiger partial charge in [-0.15, -0.1) is 0 Å². The van der Waals surface area contributed by atoms with E-state index in [0.29, 0.717) is 6.61 Å². The van der Waals surface area contributed by atoms with E-state index in [1.54, 1.807) is 6.08 Å². The third kappa shape index (κ3) is 2.92.